The van der Waals surface area contributed by atoms with Crippen molar-refractivity contribution in [3.63, 3.8) is 0 Å². The summed E-state index contributed by atoms with van der Waals surface area (Å²) in [5.74, 6) is -6.20. The molecule has 8 nitrogen and oxygen atoms in total. The molecular formula is C25H26ClF3N4O4S2. The Hall–Kier alpha value is -2.61. The first-order valence-electron chi connectivity index (χ1n) is 12.1. The number of halogens is 4. The van der Waals surface area contributed by atoms with Gasteiger partial charge in [-0.15, -0.1) is 23.1 Å². The van der Waals surface area contributed by atoms with Crippen molar-refractivity contribution in [1.82, 2.24) is 15.2 Å². The number of carbonyl (C=O) groups is 2. The molecule has 1 fully saturated rings. The highest BCUT2D eigenvalue weighted by Gasteiger charge is 2.45. The summed E-state index contributed by atoms with van der Waals surface area (Å²) < 4.78 is 49.3. The smallest absolute Gasteiger partial charge is 0.338 e. The minimum Gasteiger partial charge on any atom is -0.481 e. The maximum atomic E-state index is 15.1. The molecule has 2 unspecified atom stereocenters. The Morgan fingerprint density at radius 1 is 1.38 bits per heavy atom. The highest BCUT2D eigenvalue weighted by molar-refractivity contribution is 7.99. The van der Waals surface area contributed by atoms with E-state index in [4.69, 9.17) is 21.4 Å². The minimum absolute atomic E-state index is 0.0359. The highest BCUT2D eigenvalue weighted by Crippen LogP contribution is 2.39. The lowest BCUT2D eigenvalue weighted by Crippen LogP contribution is -2.51. The van der Waals surface area contributed by atoms with Crippen molar-refractivity contribution >= 4 is 52.5 Å². The summed E-state index contributed by atoms with van der Waals surface area (Å²) >= 11 is 8.64. The van der Waals surface area contributed by atoms with Crippen molar-refractivity contribution < 1.29 is 32.6 Å². The van der Waals surface area contributed by atoms with Crippen LogP contribution in [0.1, 0.15) is 30.0 Å². The van der Waals surface area contributed by atoms with E-state index in [9.17, 15) is 14.0 Å². The van der Waals surface area contributed by atoms with Gasteiger partial charge in [0.25, 0.3) is 5.92 Å². The lowest BCUT2D eigenvalue weighted by atomic mass is 9.93. The van der Waals surface area contributed by atoms with Crippen LogP contribution in [-0.4, -0.2) is 76.4 Å². The second-order valence-electron chi connectivity index (χ2n) is 8.99. The Kier molecular flexibility index (Phi) is 9.57. The van der Waals surface area contributed by atoms with Crippen LogP contribution in [0.25, 0.3) is 0 Å². The molecule has 1 aromatic heterocycles. The van der Waals surface area contributed by atoms with Gasteiger partial charge in [-0.2, -0.15) is 0 Å². The van der Waals surface area contributed by atoms with E-state index >= 15 is 8.78 Å². The van der Waals surface area contributed by atoms with E-state index in [1.165, 1.54) is 28.4 Å². The molecule has 2 aliphatic rings. The molecule has 210 valence electrons. The van der Waals surface area contributed by atoms with E-state index in [1.807, 2.05) is 0 Å². The summed E-state index contributed by atoms with van der Waals surface area (Å²) in [5.41, 5.74) is 0.760. The maximum Gasteiger partial charge on any atom is 0.338 e. The van der Waals surface area contributed by atoms with Gasteiger partial charge in [0, 0.05) is 46.1 Å². The van der Waals surface area contributed by atoms with E-state index < -0.39 is 42.2 Å². The zero-order chi connectivity index (χ0) is 28.2. The van der Waals surface area contributed by atoms with Crippen LogP contribution in [-0.2, 0) is 14.3 Å². The second kappa shape index (κ2) is 12.7. The molecule has 2 N–H and O–H groups in total. The number of amidine groups is 1. The largest absolute Gasteiger partial charge is 0.481 e. The molecular weight excluding hydrogens is 577 g/mol. The van der Waals surface area contributed by atoms with E-state index in [2.05, 4.69) is 15.3 Å². The number of esters is 1. The van der Waals surface area contributed by atoms with Crippen LogP contribution < -0.4 is 5.32 Å². The van der Waals surface area contributed by atoms with Crippen LogP contribution in [0.15, 0.2) is 46.0 Å². The number of aliphatic carboxylic acids is 1. The van der Waals surface area contributed by atoms with Crippen molar-refractivity contribution in [2.75, 3.05) is 37.7 Å². The van der Waals surface area contributed by atoms with Gasteiger partial charge in [0.15, 0.2) is 10.8 Å². The summed E-state index contributed by atoms with van der Waals surface area (Å²) in [6, 6.07) is 2.77. The van der Waals surface area contributed by atoms with Crippen molar-refractivity contribution in [3.05, 3.63) is 62.5 Å². The first-order chi connectivity index (χ1) is 18.6. The summed E-state index contributed by atoms with van der Waals surface area (Å²) in [4.78, 5) is 34.5. The van der Waals surface area contributed by atoms with Crippen molar-refractivity contribution in [3.8, 4) is 0 Å². The average Bonchev–Trinajstić information content (AvgIpc) is 3.40. The van der Waals surface area contributed by atoms with E-state index in [1.54, 1.807) is 18.5 Å². The number of carboxylic acids is 1. The van der Waals surface area contributed by atoms with Crippen LogP contribution in [0.3, 0.4) is 0 Å². The predicted octanol–water partition coefficient (Wildman–Crippen LogP) is 4.62. The van der Waals surface area contributed by atoms with Gasteiger partial charge in [-0.1, -0.05) is 17.7 Å². The predicted molar refractivity (Wildman–Crippen MR) is 144 cm³/mol. The Morgan fingerprint density at radius 3 is 2.82 bits per heavy atom. The fraction of sp³-hybridized carbons (Fsp3) is 0.440. The van der Waals surface area contributed by atoms with E-state index in [0.717, 1.165) is 17.8 Å². The molecule has 3 heterocycles. The molecule has 0 spiro atoms. The average molecular weight is 603 g/mol. The van der Waals surface area contributed by atoms with Gasteiger partial charge in [-0.05, 0) is 32.0 Å². The molecule has 14 heteroatoms. The standard InChI is InChI=1S/C25H26ClF3N4O4S2/c1-2-37-24(36)20-18(10-33-7-5-14(25(28,29)13-33)11-38-12-19(34)35)31-22(23-30-6-8-39-23)32-21(20)16-4-3-15(27)9-17(16)26/h3-4,6,8-9,14,21H,2,5,7,10-13H2,1H3,(H,31,32)(H,34,35). The number of alkyl halides is 2. The molecule has 39 heavy (non-hydrogen) atoms. The SMILES string of the molecule is CCOC(=O)C1=C(CN2CCC(CSCC(=O)O)C(F)(F)C2)NC(c2nccs2)=NC1c1ccc(F)cc1Cl. The minimum atomic E-state index is -3.06. The molecule has 2 aliphatic heterocycles. The lowest BCUT2D eigenvalue weighted by Gasteiger charge is -2.39. The Labute approximate surface area is 236 Å². The molecule has 1 saturated heterocycles. The quantitative estimate of drug-likeness (QED) is 0.380. The van der Waals surface area contributed by atoms with Crippen LogP contribution in [0.5, 0.6) is 0 Å². The van der Waals surface area contributed by atoms with Crippen molar-refractivity contribution in [2.45, 2.75) is 25.3 Å². The second-order valence-corrected chi connectivity index (χ2v) is 11.3. The number of hydrogen-bond acceptors (Lipinski definition) is 9. The van der Waals surface area contributed by atoms with Gasteiger partial charge in [0.2, 0.25) is 0 Å². The number of benzene rings is 1. The maximum absolute atomic E-state index is 15.1. The zero-order valence-electron chi connectivity index (χ0n) is 20.8. The van der Waals surface area contributed by atoms with Crippen LogP contribution >= 0.6 is 34.7 Å². The number of rotatable bonds is 10. The monoisotopic (exact) mass is 602 g/mol. The van der Waals surface area contributed by atoms with E-state index in [-0.39, 0.29) is 41.7 Å². The van der Waals surface area contributed by atoms with Gasteiger partial charge in [-0.25, -0.2) is 22.9 Å². The van der Waals surface area contributed by atoms with Gasteiger partial charge in [-0.3, -0.25) is 14.7 Å². The number of nitrogens with one attached hydrogen (secondary N) is 1. The Balaban J connectivity index is 1.67. The summed E-state index contributed by atoms with van der Waals surface area (Å²) in [6.45, 7) is 1.41. The number of ether oxygens (including phenoxy) is 1. The molecule has 1 aromatic carbocycles. The van der Waals surface area contributed by atoms with Gasteiger partial charge in [0.05, 0.1) is 24.5 Å². The number of likely N-dealkylation sites (tertiary alicyclic amines) is 1. The first-order valence-corrected chi connectivity index (χ1v) is 14.5. The molecule has 2 aromatic rings. The number of hydrogen-bond donors (Lipinski definition) is 2. The number of nitrogens with zero attached hydrogens (tertiary/aromatic N) is 3. The van der Waals surface area contributed by atoms with Crippen molar-refractivity contribution in [1.29, 1.82) is 0 Å². The number of thioether (sulfide) groups is 1. The number of carboxylic acid groups (broad SMARTS) is 1. The highest BCUT2D eigenvalue weighted by atomic mass is 35.5. The van der Waals surface area contributed by atoms with Crippen molar-refractivity contribution in [2.24, 2.45) is 10.9 Å². The fourth-order valence-corrected chi connectivity index (χ4v) is 6.32. The molecule has 2 atom stereocenters. The number of aliphatic imine (C=N–C) groups is 1. The molecule has 4 rings (SSSR count). The van der Waals surface area contributed by atoms with Gasteiger partial charge < -0.3 is 15.2 Å². The normalized spacial score (nSPS) is 21.3. The molecule has 0 amide bonds. The third-order valence-corrected chi connectivity index (χ3v) is 8.46. The summed E-state index contributed by atoms with van der Waals surface area (Å²) in [6.07, 6.45) is 1.74. The molecule has 0 aliphatic carbocycles. The first kappa shape index (κ1) is 29.4. The van der Waals surface area contributed by atoms with E-state index in [0.29, 0.717) is 28.6 Å². The number of piperidine rings is 1. The Bertz CT molecular complexity index is 1280. The summed E-state index contributed by atoms with van der Waals surface area (Å²) in [5, 5.41) is 14.2. The van der Waals surface area contributed by atoms with Crippen LogP contribution in [0.2, 0.25) is 5.02 Å². The van der Waals surface area contributed by atoms with Crippen LogP contribution in [0, 0.1) is 11.7 Å². The van der Waals surface area contributed by atoms with Crippen LogP contribution in [0.4, 0.5) is 13.2 Å². The third kappa shape index (κ3) is 7.13. The molecule has 0 saturated carbocycles. The topological polar surface area (TPSA) is 104 Å². The zero-order valence-corrected chi connectivity index (χ0v) is 23.2. The molecule has 0 radical (unpaired) electrons. The number of aromatic nitrogens is 1. The van der Waals surface area contributed by atoms with Gasteiger partial charge in [0.1, 0.15) is 11.9 Å². The fourth-order valence-electron chi connectivity index (χ4n) is 4.48. The third-order valence-electron chi connectivity index (χ3n) is 6.27. The van der Waals surface area contributed by atoms with Gasteiger partial charge >= 0.3 is 11.9 Å². The molecule has 0 bridgehead atoms. The Morgan fingerprint density at radius 2 is 2.18 bits per heavy atom. The number of thiazole rings is 1. The summed E-state index contributed by atoms with van der Waals surface area (Å²) in [7, 11) is 0. The lowest BCUT2D eigenvalue weighted by molar-refractivity contribution is -0.139. The number of carbonyl (C=O) groups excluding carboxylic acids is 1.